The Balaban J connectivity index is 1.45. The van der Waals surface area contributed by atoms with Crippen LogP contribution in [-0.2, 0) is 11.2 Å². The first-order chi connectivity index (χ1) is 15.4. The molecule has 0 saturated carbocycles. The molecule has 8 heteroatoms. The number of likely N-dealkylation sites (tertiary alicyclic amines) is 1. The molecule has 5 rings (SSSR count). The maximum Gasteiger partial charge on any atom is 0.256 e. The number of anilines is 1. The Kier molecular flexibility index (Phi) is 5.67. The van der Waals surface area contributed by atoms with Gasteiger partial charge in [0.15, 0.2) is 0 Å². The molecule has 32 heavy (non-hydrogen) atoms. The quantitative estimate of drug-likeness (QED) is 0.618. The number of nitrogens with one attached hydrogen (secondary N) is 2. The Bertz CT molecular complexity index is 1130. The second kappa shape index (κ2) is 8.48. The molecule has 2 N–H and O–H groups in total. The fourth-order valence-corrected chi connectivity index (χ4v) is 5.52. The number of carbonyl (C=O) groups is 2. The van der Waals surface area contributed by atoms with Crippen molar-refractivity contribution in [3.8, 4) is 0 Å². The molecule has 2 aromatic rings. The lowest BCUT2D eigenvalue weighted by Gasteiger charge is -2.24. The number of nitrogens with zero attached hydrogens (tertiary/aromatic N) is 2. The molecule has 2 amide bonds. The molecule has 3 aliphatic rings. The normalized spacial score (nSPS) is 20.0. The molecule has 3 aliphatic heterocycles. The lowest BCUT2D eigenvalue weighted by Crippen LogP contribution is -2.38. The number of aromatic nitrogens is 1. The zero-order valence-corrected chi connectivity index (χ0v) is 19.6. The summed E-state index contributed by atoms with van der Waals surface area (Å²) in [5, 5.41) is 2.80. The van der Waals surface area contributed by atoms with Gasteiger partial charge in [0.1, 0.15) is 5.82 Å². The van der Waals surface area contributed by atoms with Gasteiger partial charge in [-0.15, -0.1) is 0 Å². The van der Waals surface area contributed by atoms with E-state index in [-0.39, 0.29) is 11.8 Å². The highest BCUT2D eigenvalue weighted by Gasteiger charge is 2.30. The zero-order chi connectivity index (χ0) is 22.4. The molecular weight excluding hydrogens is 475 g/mol. The Labute approximate surface area is 195 Å². The summed E-state index contributed by atoms with van der Waals surface area (Å²) in [6.07, 6.45) is 5.90. The van der Waals surface area contributed by atoms with Crippen LogP contribution >= 0.6 is 15.9 Å². The van der Waals surface area contributed by atoms with Gasteiger partial charge in [-0.05, 0) is 85.4 Å². The van der Waals surface area contributed by atoms with Crippen LogP contribution in [0.25, 0.3) is 11.6 Å². The SMILES string of the molecule is Cc1c(/C=C2\C(=O)Nc3c(Br)cc(F)cc32)[nH]c2c1C(=O)N(CCN1CCCC1)CCC2. The van der Waals surface area contributed by atoms with Gasteiger partial charge in [0.25, 0.3) is 11.8 Å². The number of hydrogen-bond acceptors (Lipinski definition) is 3. The van der Waals surface area contributed by atoms with E-state index in [4.69, 9.17) is 0 Å². The van der Waals surface area contributed by atoms with Gasteiger partial charge in [-0.2, -0.15) is 0 Å². The smallest absolute Gasteiger partial charge is 0.256 e. The predicted octanol–water partition coefficient (Wildman–Crippen LogP) is 4.20. The first kappa shape index (κ1) is 21.4. The van der Waals surface area contributed by atoms with Gasteiger partial charge in [-0.3, -0.25) is 9.59 Å². The summed E-state index contributed by atoms with van der Waals surface area (Å²) in [6.45, 7) is 6.57. The van der Waals surface area contributed by atoms with Crippen LogP contribution in [0, 0.1) is 12.7 Å². The maximum absolute atomic E-state index is 14.0. The largest absolute Gasteiger partial charge is 0.358 e. The standard InChI is InChI=1S/C24H26BrFN4O2/c1-14-20(13-17-16-11-15(26)12-18(25)22(16)28-23(17)31)27-19-5-4-8-30(24(32)21(14)19)10-9-29-6-2-3-7-29/h11-13,27H,2-10H2,1H3,(H,28,31)/b17-13-. The summed E-state index contributed by atoms with van der Waals surface area (Å²) >= 11 is 3.32. The third kappa shape index (κ3) is 3.79. The lowest BCUT2D eigenvalue weighted by molar-refractivity contribution is -0.110. The van der Waals surface area contributed by atoms with Crippen molar-refractivity contribution in [1.82, 2.24) is 14.8 Å². The fourth-order valence-electron chi connectivity index (χ4n) is 4.99. The van der Waals surface area contributed by atoms with Gasteiger partial charge < -0.3 is 20.1 Å². The summed E-state index contributed by atoms with van der Waals surface area (Å²) < 4.78 is 14.5. The first-order valence-electron chi connectivity index (χ1n) is 11.2. The zero-order valence-electron chi connectivity index (χ0n) is 18.1. The number of H-pyrrole nitrogens is 1. The van der Waals surface area contributed by atoms with Gasteiger partial charge in [-0.25, -0.2) is 4.39 Å². The Morgan fingerprint density at radius 3 is 2.69 bits per heavy atom. The maximum atomic E-state index is 14.0. The van der Waals surface area contributed by atoms with Crippen LogP contribution in [0.3, 0.4) is 0 Å². The van der Waals surface area contributed by atoms with E-state index in [1.165, 1.54) is 25.0 Å². The molecule has 0 radical (unpaired) electrons. The van der Waals surface area contributed by atoms with Crippen molar-refractivity contribution in [3.63, 3.8) is 0 Å². The third-order valence-electron chi connectivity index (χ3n) is 6.72. The van der Waals surface area contributed by atoms with E-state index in [1.807, 2.05) is 11.8 Å². The topological polar surface area (TPSA) is 68.4 Å². The van der Waals surface area contributed by atoms with E-state index < -0.39 is 5.82 Å². The van der Waals surface area contributed by atoms with Crippen molar-refractivity contribution < 1.29 is 14.0 Å². The van der Waals surface area contributed by atoms with E-state index in [1.54, 1.807) is 6.08 Å². The molecule has 1 aromatic heterocycles. The number of fused-ring (bicyclic) bond motifs is 2. The average Bonchev–Trinajstić information content (AvgIpc) is 3.42. The average molecular weight is 501 g/mol. The minimum absolute atomic E-state index is 0.0557. The monoisotopic (exact) mass is 500 g/mol. The van der Waals surface area contributed by atoms with Crippen LogP contribution in [0.15, 0.2) is 16.6 Å². The van der Waals surface area contributed by atoms with Crippen LogP contribution < -0.4 is 5.32 Å². The van der Waals surface area contributed by atoms with E-state index in [0.29, 0.717) is 21.3 Å². The highest BCUT2D eigenvalue weighted by atomic mass is 79.9. The van der Waals surface area contributed by atoms with Gasteiger partial charge in [-0.1, -0.05) is 0 Å². The minimum Gasteiger partial charge on any atom is -0.358 e. The van der Waals surface area contributed by atoms with Crippen LogP contribution in [0.5, 0.6) is 0 Å². The second-order valence-electron chi connectivity index (χ2n) is 8.78. The van der Waals surface area contributed by atoms with Gasteiger partial charge in [0.2, 0.25) is 0 Å². The van der Waals surface area contributed by atoms with E-state index in [9.17, 15) is 14.0 Å². The number of amides is 2. The summed E-state index contributed by atoms with van der Waals surface area (Å²) in [5.41, 5.74) is 4.67. The van der Waals surface area contributed by atoms with Crippen molar-refractivity contribution in [3.05, 3.63) is 50.5 Å². The number of carbonyl (C=O) groups excluding carboxylic acids is 2. The second-order valence-corrected chi connectivity index (χ2v) is 9.64. The molecule has 0 unspecified atom stereocenters. The molecule has 0 aliphatic carbocycles. The van der Waals surface area contributed by atoms with E-state index >= 15 is 0 Å². The van der Waals surface area contributed by atoms with Crippen molar-refractivity contribution in [2.45, 2.75) is 32.6 Å². The fraction of sp³-hybridized carbons (Fsp3) is 0.417. The third-order valence-corrected chi connectivity index (χ3v) is 7.35. The molecule has 0 atom stereocenters. The molecule has 0 spiro atoms. The Hall–Kier alpha value is -2.45. The lowest BCUT2D eigenvalue weighted by atomic mass is 10.0. The van der Waals surface area contributed by atoms with Gasteiger partial charge in [0.05, 0.1) is 16.8 Å². The van der Waals surface area contributed by atoms with E-state index in [0.717, 1.165) is 68.1 Å². The summed E-state index contributed by atoms with van der Waals surface area (Å²) in [7, 11) is 0. The van der Waals surface area contributed by atoms with Crippen molar-refractivity contribution in [2.75, 3.05) is 38.0 Å². The van der Waals surface area contributed by atoms with Gasteiger partial charge >= 0.3 is 0 Å². The molecule has 168 valence electrons. The first-order valence-corrected chi connectivity index (χ1v) is 12.0. The Morgan fingerprint density at radius 2 is 1.91 bits per heavy atom. The van der Waals surface area contributed by atoms with Crippen LogP contribution in [0.2, 0.25) is 0 Å². The predicted molar refractivity (Wildman–Crippen MR) is 126 cm³/mol. The summed E-state index contributed by atoms with van der Waals surface area (Å²) in [6, 6.07) is 2.69. The number of rotatable bonds is 4. The van der Waals surface area contributed by atoms with Crippen LogP contribution in [0.4, 0.5) is 10.1 Å². The number of halogens is 2. The van der Waals surface area contributed by atoms with Crippen LogP contribution in [-0.4, -0.2) is 59.3 Å². The molecule has 1 fully saturated rings. The number of hydrogen-bond donors (Lipinski definition) is 2. The summed E-state index contributed by atoms with van der Waals surface area (Å²) in [4.78, 5) is 33.8. The van der Waals surface area contributed by atoms with Crippen LogP contribution in [0.1, 0.15) is 52.1 Å². The molecule has 4 heterocycles. The summed E-state index contributed by atoms with van der Waals surface area (Å²) in [5.74, 6) is -0.643. The molecule has 1 saturated heterocycles. The van der Waals surface area contributed by atoms with Crippen molar-refractivity contribution in [2.24, 2.45) is 0 Å². The molecule has 0 bridgehead atoms. The number of aryl methyl sites for hydroxylation is 1. The molecular formula is C24H26BrFN4O2. The molecule has 6 nitrogen and oxygen atoms in total. The van der Waals surface area contributed by atoms with E-state index in [2.05, 4.69) is 31.1 Å². The minimum atomic E-state index is -0.416. The number of aromatic amines is 1. The molecule has 1 aromatic carbocycles. The van der Waals surface area contributed by atoms with Crippen molar-refractivity contribution in [1.29, 1.82) is 0 Å². The highest BCUT2D eigenvalue weighted by Crippen LogP contribution is 2.39. The Morgan fingerprint density at radius 1 is 1.12 bits per heavy atom. The van der Waals surface area contributed by atoms with Crippen molar-refractivity contribution >= 4 is 45.1 Å². The highest BCUT2D eigenvalue weighted by molar-refractivity contribution is 9.10. The number of benzene rings is 1. The van der Waals surface area contributed by atoms with Gasteiger partial charge in [0, 0.05) is 41.1 Å².